The lowest BCUT2D eigenvalue weighted by Crippen LogP contribution is -2.35. The Hall–Kier alpha value is -2.10. The lowest BCUT2D eigenvalue weighted by atomic mass is 9.91. The third kappa shape index (κ3) is 5.88. The van der Waals surface area contributed by atoms with Crippen molar-refractivity contribution in [1.82, 2.24) is 9.97 Å². The van der Waals surface area contributed by atoms with E-state index < -0.39 is 15.7 Å². The predicted molar refractivity (Wildman–Crippen MR) is 123 cm³/mol. The van der Waals surface area contributed by atoms with Gasteiger partial charge in [-0.15, -0.1) is 0 Å². The van der Waals surface area contributed by atoms with Crippen molar-refractivity contribution in [1.29, 1.82) is 0 Å². The van der Waals surface area contributed by atoms with Crippen molar-refractivity contribution in [2.45, 2.75) is 43.8 Å². The summed E-state index contributed by atoms with van der Waals surface area (Å²) in [6, 6.07) is 4.18. The van der Waals surface area contributed by atoms with Gasteiger partial charge in [0.15, 0.2) is 9.84 Å². The number of halogens is 1. The zero-order chi connectivity index (χ0) is 23.6. The minimum absolute atomic E-state index is 0.00956. The summed E-state index contributed by atoms with van der Waals surface area (Å²) in [6.45, 7) is 4.84. The molecule has 33 heavy (non-hydrogen) atoms. The summed E-state index contributed by atoms with van der Waals surface area (Å²) in [7, 11) is -1.88. The summed E-state index contributed by atoms with van der Waals surface area (Å²) >= 11 is 0. The smallest absolute Gasteiger partial charge is 0.225 e. The molecule has 2 fully saturated rings. The molecule has 2 aliphatic rings. The van der Waals surface area contributed by atoms with Crippen LogP contribution in [0.3, 0.4) is 0 Å². The van der Waals surface area contributed by atoms with E-state index in [-0.39, 0.29) is 17.6 Å². The van der Waals surface area contributed by atoms with Crippen LogP contribution in [0.2, 0.25) is 0 Å². The maximum absolute atomic E-state index is 14.0. The molecule has 0 spiro atoms. The first kappa shape index (κ1) is 24.0. The second-order valence-electron chi connectivity index (χ2n) is 9.23. The van der Waals surface area contributed by atoms with Gasteiger partial charge in [-0.2, -0.15) is 0 Å². The van der Waals surface area contributed by atoms with Crippen LogP contribution >= 0.6 is 0 Å². The first-order valence-corrected chi connectivity index (χ1v) is 13.3. The Labute approximate surface area is 195 Å². The largest absolute Gasteiger partial charge is 0.377 e. The predicted octanol–water partition coefficient (Wildman–Crippen LogP) is 3.80. The van der Waals surface area contributed by atoms with Crippen LogP contribution in [-0.2, 0) is 25.9 Å². The van der Waals surface area contributed by atoms with Gasteiger partial charge >= 0.3 is 0 Å². The average Bonchev–Trinajstić information content (AvgIpc) is 3.57. The molecule has 1 saturated carbocycles. The lowest BCUT2D eigenvalue weighted by molar-refractivity contribution is 0.104. The van der Waals surface area contributed by atoms with E-state index in [1.807, 2.05) is 19.3 Å². The van der Waals surface area contributed by atoms with Crippen molar-refractivity contribution in [2.24, 2.45) is 17.8 Å². The van der Waals surface area contributed by atoms with Crippen molar-refractivity contribution in [3.8, 4) is 0 Å². The third-order valence-electron chi connectivity index (χ3n) is 6.88. The van der Waals surface area contributed by atoms with Crippen LogP contribution in [-0.4, -0.2) is 51.4 Å². The van der Waals surface area contributed by atoms with E-state index in [0.29, 0.717) is 29.9 Å². The van der Waals surface area contributed by atoms with Crippen LogP contribution in [0.25, 0.3) is 0 Å². The van der Waals surface area contributed by atoms with E-state index in [4.69, 9.17) is 9.47 Å². The fraction of sp³-hybridized carbons (Fsp3) is 0.583. The molecule has 7 nitrogen and oxygen atoms in total. The Balaban J connectivity index is 1.19. The molecule has 1 saturated heterocycles. The van der Waals surface area contributed by atoms with Gasteiger partial charge in [0.1, 0.15) is 10.7 Å². The van der Waals surface area contributed by atoms with Crippen LogP contribution in [0.5, 0.6) is 0 Å². The topological polar surface area (TPSA) is 81.6 Å². The van der Waals surface area contributed by atoms with E-state index >= 15 is 0 Å². The molecular formula is C24H32FN3O4S. The van der Waals surface area contributed by atoms with Gasteiger partial charge in [0, 0.05) is 44.4 Å². The number of ether oxygens (including phenoxy) is 2. The molecule has 2 heterocycles. The molecule has 2 aromatic rings. The summed E-state index contributed by atoms with van der Waals surface area (Å²) in [5.41, 5.74) is 1.63. The second-order valence-corrected chi connectivity index (χ2v) is 11.2. The zero-order valence-electron chi connectivity index (χ0n) is 19.4. The molecule has 1 aliphatic heterocycles. The van der Waals surface area contributed by atoms with Crippen LogP contribution in [0.1, 0.15) is 43.4 Å². The molecule has 9 heteroatoms. The third-order valence-corrected chi connectivity index (χ3v) is 8.01. The number of hydrogen-bond donors (Lipinski definition) is 0. The number of methoxy groups -OCH3 is 1. The Morgan fingerprint density at radius 3 is 2.52 bits per heavy atom. The summed E-state index contributed by atoms with van der Waals surface area (Å²) in [5.74, 6) is 1.98. The highest BCUT2D eigenvalue weighted by Crippen LogP contribution is 2.48. The van der Waals surface area contributed by atoms with Gasteiger partial charge in [0.05, 0.1) is 19.3 Å². The van der Waals surface area contributed by atoms with Crippen LogP contribution in [0.4, 0.5) is 10.3 Å². The van der Waals surface area contributed by atoms with Gasteiger partial charge in [0.2, 0.25) is 5.95 Å². The SMILES string of the molecule is COC(C)c1cnc(N2CCC(C3CC3COCc3ccc(S(C)(=O)=O)c(F)c3)CC2)nc1. The summed E-state index contributed by atoms with van der Waals surface area (Å²) in [4.78, 5) is 11.0. The number of piperidine rings is 1. The molecule has 3 unspecified atom stereocenters. The maximum atomic E-state index is 14.0. The van der Waals surface area contributed by atoms with Gasteiger partial charge in [0.25, 0.3) is 0 Å². The van der Waals surface area contributed by atoms with Gasteiger partial charge in [-0.05, 0) is 61.6 Å². The molecular weight excluding hydrogens is 445 g/mol. The molecule has 3 atom stereocenters. The monoisotopic (exact) mass is 477 g/mol. The minimum Gasteiger partial charge on any atom is -0.377 e. The molecule has 1 aromatic heterocycles. The quantitative estimate of drug-likeness (QED) is 0.543. The fourth-order valence-electron chi connectivity index (χ4n) is 4.67. The lowest BCUT2D eigenvalue weighted by Gasteiger charge is -2.32. The molecule has 4 rings (SSSR count). The number of sulfone groups is 1. The van der Waals surface area contributed by atoms with E-state index in [2.05, 4.69) is 14.9 Å². The number of anilines is 1. The van der Waals surface area contributed by atoms with Crippen molar-refractivity contribution in [2.75, 3.05) is 38.0 Å². The first-order chi connectivity index (χ1) is 15.8. The molecule has 1 aromatic carbocycles. The van der Waals surface area contributed by atoms with Gasteiger partial charge in [-0.1, -0.05) is 6.07 Å². The Morgan fingerprint density at radius 2 is 1.91 bits per heavy atom. The number of benzene rings is 1. The average molecular weight is 478 g/mol. The highest BCUT2D eigenvalue weighted by atomic mass is 32.2. The molecule has 0 radical (unpaired) electrons. The molecule has 0 amide bonds. The summed E-state index contributed by atoms with van der Waals surface area (Å²) < 4.78 is 48.2. The molecule has 180 valence electrons. The van der Waals surface area contributed by atoms with E-state index in [1.165, 1.54) is 18.6 Å². The molecule has 0 bridgehead atoms. The van der Waals surface area contributed by atoms with E-state index in [9.17, 15) is 12.8 Å². The number of hydrogen-bond acceptors (Lipinski definition) is 7. The van der Waals surface area contributed by atoms with E-state index in [1.54, 1.807) is 13.2 Å². The highest BCUT2D eigenvalue weighted by molar-refractivity contribution is 7.90. The maximum Gasteiger partial charge on any atom is 0.225 e. The normalized spacial score (nSPS) is 22.4. The zero-order valence-corrected chi connectivity index (χ0v) is 20.2. The van der Waals surface area contributed by atoms with Crippen molar-refractivity contribution in [3.05, 3.63) is 47.5 Å². The summed E-state index contributed by atoms with van der Waals surface area (Å²) in [5, 5.41) is 0. The highest BCUT2D eigenvalue weighted by Gasteiger charge is 2.43. The molecule has 0 N–H and O–H groups in total. The van der Waals surface area contributed by atoms with Crippen LogP contribution in [0.15, 0.2) is 35.5 Å². The van der Waals surface area contributed by atoms with Gasteiger partial charge in [-0.3, -0.25) is 0 Å². The standard InChI is InChI=1S/C24H32FN3O4S/c1-16(31-2)20-12-26-24(27-13-20)28-8-6-18(7-9-28)21-11-19(21)15-32-14-17-4-5-23(22(25)10-17)33(3,29)30/h4-5,10,12-13,16,18-19,21H,6-9,11,14-15H2,1-3H3. The second kappa shape index (κ2) is 10.0. The minimum atomic E-state index is -3.55. The van der Waals surface area contributed by atoms with E-state index in [0.717, 1.165) is 43.7 Å². The van der Waals surface area contributed by atoms with Gasteiger partial charge < -0.3 is 14.4 Å². The first-order valence-electron chi connectivity index (χ1n) is 11.4. The molecule has 1 aliphatic carbocycles. The number of aromatic nitrogens is 2. The Bertz CT molecular complexity index is 1060. The van der Waals surface area contributed by atoms with Crippen molar-refractivity contribution >= 4 is 15.8 Å². The van der Waals surface area contributed by atoms with Crippen molar-refractivity contribution in [3.63, 3.8) is 0 Å². The number of rotatable bonds is 9. The summed E-state index contributed by atoms with van der Waals surface area (Å²) in [6.07, 6.45) is 8.11. The number of nitrogens with zero attached hydrogens (tertiary/aromatic N) is 3. The van der Waals surface area contributed by atoms with Gasteiger partial charge in [-0.25, -0.2) is 22.8 Å². The van der Waals surface area contributed by atoms with Crippen molar-refractivity contribution < 1.29 is 22.3 Å². The fourth-order valence-corrected chi connectivity index (χ4v) is 5.40. The Kier molecular flexibility index (Phi) is 7.31. The van der Waals surface area contributed by atoms with Crippen LogP contribution in [0, 0.1) is 23.6 Å². The van der Waals surface area contributed by atoms with Crippen LogP contribution < -0.4 is 4.90 Å². The Morgan fingerprint density at radius 1 is 1.21 bits per heavy atom.